The van der Waals surface area contributed by atoms with Gasteiger partial charge in [-0.25, -0.2) is 9.59 Å². The monoisotopic (exact) mass is 305 g/mol. The first-order chi connectivity index (χ1) is 9.99. The molecule has 7 heteroatoms. The summed E-state index contributed by atoms with van der Waals surface area (Å²) in [4.78, 5) is 28.4. The Bertz CT molecular complexity index is 676. The van der Waals surface area contributed by atoms with E-state index in [0.29, 0.717) is 11.4 Å². The maximum atomic E-state index is 12.1. The van der Waals surface area contributed by atoms with Crippen molar-refractivity contribution >= 4 is 35.0 Å². The van der Waals surface area contributed by atoms with Gasteiger partial charge in [0.1, 0.15) is 0 Å². The Hall–Kier alpha value is -2.60. The van der Waals surface area contributed by atoms with Crippen molar-refractivity contribution in [3.05, 3.63) is 53.3 Å². The summed E-state index contributed by atoms with van der Waals surface area (Å²) in [6.07, 6.45) is 3.15. The molecule has 0 bridgehead atoms. The summed E-state index contributed by atoms with van der Waals surface area (Å²) in [6.45, 7) is 0. The molecular weight excluding hydrogens is 294 g/mol. The third kappa shape index (κ3) is 3.49. The van der Waals surface area contributed by atoms with Crippen molar-refractivity contribution in [3.8, 4) is 0 Å². The summed E-state index contributed by atoms with van der Waals surface area (Å²) in [5.74, 6) is -1.16. The molecule has 2 aromatic rings. The fourth-order valence-corrected chi connectivity index (χ4v) is 1.84. The van der Waals surface area contributed by atoms with Gasteiger partial charge in [-0.05, 0) is 30.3 Å². The Balaban J connectivity index is 2.16. The van der Waals surface area contributed by atoms with Gasteiger partial charge in [0, 0.05) is 18.9 Å². The van der Waals surface area contributed by atoms with Crippen molar-refractivity contribution in [2.45, 2.75) is 0 Å². The summed E-state index contributed by atoms with van der Waals surface area (Å²) in [7, 11) is 1.58. The minimum absolute atomic E-state index is 0.0708. The van der Waals surface area contributed by atoms with E-state index in [2.05, 4.69) is 10.3 Å². The van der Waals surface area contributed by atoms with Crippen LogP contribution in [0.2, 0.25) is 5.02 Å². The Kier molecular flexibility index (Phi) is 4.39. The predicted molar refractivity (Wildman–Crippen MR) is 80.1 cm³/mol. The molecule has 0 saturated heterocycles. The van der Waals surface area contributed by atoms with Gasteiger partial charge >= 0.3 is 12.0 Å². The zero-order valence-electron chi connectivity index (χ0n) is 11.1. The van der Waals surface area contributed by atoms with Crippen molar-refractivity contribution in [3.63, 3.8) is 0 Å². The van der Waals surface area contributed by atoms with Crippen LogP contribution in [-0.2, 0) is 0 Å². The summed E-state index contributed by atoms with van der Waals surface area (Å²) < 4.78 is 0. The van der Waals surface area contributed by atoms with Gasteiger partial charge in [0.25, 0.3) is 0 Å². The Morgan fingerprint density at radius 1 is 1.33 bits per heavy atom. The van der Waals surface area contributed by atoms with E-state index in [1.807, 2.05) is 0 Å². The number of carboxylic acid groups (broad SMARTS) is 1. The molecular formula is C14H12ClN3O3. The molecule has 6 nitrogen and oxygen atoms in total. The molecule has 2 rings (SSSR count). The summed E-state index contributed by atoms with van der Waals surface area (Å²) in [5.41, 5.74) is 0.887. The lowest BCUT2D eigenvalue weighted by Gasteiger charge is -2.17. The summed E-state index contributed by atoms with van der Waals surface area (Å²) in [5, 5.41) is 11.7. The number of urea groups is 1. The quantitative estimate of drug-likeness (QED) is 0.912. The highest BCUT2D eigenvalue weighted by molar-refractivity contribution is 6.33. The number of nitrogens with zero attached hydrogens (tertiary/aromatic N) is 2. The van der Waals surface area contributed by atoms with Crippen LogP contribution < -0.4 is 10.2 Å². The second kappa shape index (κ2) is 6.23. The van der Waals surface area contributed by atoms with Crippen LogP contribution in [0.3, 0.4) is 0 Å². The van der Waals surface area contributed by atoms with Crippen LogP contribution in [0.15, 0.2) is 42.7 Å². The summed E-state index contributed by atoms with van der Waals surface area (Å²) >= 11 is 5.77. The molecule has 2 N–H and O–H groups in total. The van der Waals surface area contributed by atoms with E-state index in [-0.39, 0.29) is 10.6 Å². The molecule has 0 unspecified atom stereocenters. The maximum absolute atomic E-state index is 12.1. The van der Waals surface area contributed by atoms with Crippen LogP contribution in [0.5, 0.6) is 0 Å². The number of aromatic carboxylic acids is 1. The molecule has 2 amide bonds. The highest BCUT2D eigenvalue weighted by Gasteiger charge is 2.14. The van der Waals surface area contributed by atoms with E-state index in [4.69, 9.17) is 16.7 Å². The second-order valence-electron chi connectivity index (χ2n) is 4.20. The van der Waals surface area contributed by atoms with Gasteiger partial charge in [-0.1, -0.05) is 11.6 Å². The number of nitrogens with one attached hydrogen (secondary N) is 1. The van der Waals surface area contributed by atoms with Crippen LogP contribution >= 0.6 is 11.6 Å². The van der Waals surface area contributed by atoms with E-state index in [9.17, 15) is 9.59 Å². The van der Waals surface area contributed by atoms with Crippen LogP contribution in [0.1, 0.15) is 10.4 Å². The molecule has 1 aromatic heterocycles. The molecule has 0 aliphatic carbocycles. The largest absolute Gasteiger partial charge is 0.478 e. The van der Waals surface area contributed by atoms with E-state index in [1.54, 1.807) is 31.6 Å². The minimum Gasteiger partial charge on any atom is -0.478 e. The zero-order valence-corrected chi connectivity index (χ0v) is 11.8. The first-order valence-electron chi connectivity index (χ1n) is 5.96. The van der Waals surface area contributed by atoms with E-state index >= 15 is 0 Å². The highest BCUT2D eigenvalue weighted by Crippen LogP contribution is 2.21. The van der Waals surface area contributed by atoms with E-state index < -0.39 is 12.0 Å². The Labute approximate surface area is 126 Å². The van der Waals surface area contributed by atoms with Gasteiger partial charge in [-0.3, -0.25) is 9.88 Å². The molecule has 108 valence electrons. The number of aromatic nitrogens is 1. The number of carbonyl (C=O) groups excluding carboxylic acids is 1. The number of rotatable bonds is 3. The topological polar surface area (TPSA) is 82.5 Å². The summed E-state index contributed by atoms with van der Waals surface area (Å²) in [6, 6.07) is 7.29. The molecule has 0 spiro atoms. The van der Waals surface area contributed by atoms with Crippen molar-refractivity contribution in [2.75, 3.05) is 17.3 Å². The first kappa shape index (κ1) is 14.8. The zero-order chi connectivity index (χ0) is 15.4. The van der Waals surface area contributed by atoms with Crippen molar-refractivity contribution in [1.82, 2.24) is 4.98 Å². The fourth-order valence-electron chi connectivity index (χ4n) is 1.64. The molecule has 1 heterocycles. The van der Waals surface area contributed by atoms with Crippen LogP contribution in [0.4, 0.5) is 16.2 Å². The smallest absolute Gasteiger partial charge is 0.337 e. The van der Waals surface area contributed by atoms with Gasteiger partial charge in [0.15, 0.2) is 0 Å². The molecule has 0 radical (unpaired) electrons. The molecule has 0 fully saturated rings. The minimum atomic E-state index is -1.16. The lowest BCUT2D eigenvalue weighted by molar-refractivity contribution is 0.0697. The third-order valence-electron chi connectivity index (χ3n) is 2.79. The van der Waals surface area contributed by atoms with Crippen molar-refractivity contribution in [2.24, 2.45) is 0 Å². The standard InChI is InChI=1S/C14H12ClN3O3/c1-18(10-3-2-6-16-8-10)14(21)17-9-4-5-12(15)11(7-9)13(19)20/h2-8H,1H3,(H,17,21)(H,19,20). The lowest BCUT2D eigenvalue weighted by Crippen LogP contribution is -2.31. The number of amides is 2. The number of carbonyl (C=O) groups is 2. The Morgan fingerprint density at radius 2 is 2.10 bits per heavy atom. The molecule has 1 aromatic carbocycles. The molecule has 0 saturated carbocycles. The molecule has 0 aliphatic rings. The maximum Gasteiger partial charge on any atom is 0.337 e. The van der Waals surface area contributed by atoms with Gasteiger partial charge < -0.3 is 10.4 Å². The number of hydrogen-bond donors (Lipinski definition) is 2. The van der Waals surface area contributed by atoms with Crippen molar-refractivity contribution in [1.29, 1.82) is 0 Å². The second-order valence-corrected chi connectivity index (χ2v) is 4.61. The van der Waals surface area contributed by atoms with Crippen LogP contribution in [0, 0.1) is 0 Å². The number of hydrogen-bond acceptors (Lipinski definition) is 3. The molecule has 0 atom stereocenters. The average molecular weight is 306 g/mol. The lowest BCUT2D eigenvalue weighted by atomic mass is 10.2. The van der Waals surface area contributed by atoms with Gasteiger partial charge in [0.2, 0.25) is 0 Å². The molecule has 21 heavy (non-hydrogen) atoms. The predicted octanol–water partition coefficient (Wildman–Crippen LogP) is 3.10. The number of carboxylic acids is 1. The van der Waals surface area contributed by atoms with Gasteiger partial charge in [0.05, 0.1) is 22.5 Å². The number of anilines is 2. The number of halogens is 1. The van der Waals surface area contributed by atoms with E-state index in [1.165, 1.54) is 23.1 Å². The van der Waals surface area contributed by atoms with E-state index in [0.717, 1.165) is 0 Å². The third-order valence-corrected chi connectivity index (χ3v) is 3.12. The number of pyridine rings is 1. The Morgan fingerprint density at radius 3 is 2.71 bits per heavy atom. The first-order valence-corrected chi connectivity index (χ1v) is 6.34. The fraction of sp³-hybridized carbons (Fsp3) is 0.0714. The van der Waals surface area contributed by atoms with Gasteiger partial charge in [-0.15, -0.1) is 0 Å². The van der Waals surface area contributed by atoms with Crippen LogP contribution in [0.25, 0.3) is 0 Å². The SMILES string of the molecule is CN(C(=O)Nc1ccc(Cl)c(C(=O)O)c1)c1cccnc1. The number of benzene rings is 1. The molecule has 0 aliphatic heterocycles. The highest BCUT2D eigenvalue weighted by atomic mass is 35.5. The average Bonchev–Trinajstić information content (AvgIpc) is 2.49. The van der Waals surface area contributed by atoms with Crippen LogP contribution in [-0.4, -0.2) is 29.1 Å². The van der Waals surface area contributed by atoms with Crippen molar-refractivity contribution < 1.29 is 14.7 Å². The normalized spacial score (nSPS) is 10.0. The van der Waals surface area contributed by atoms with Gasteiger partial charge in [-0.2, -0.15) is 0 Å².